The van der Waals surface area contributed by atoms with Gasteiger partial charge in [-0.05, 0) is 39.5 Å². The van der Waals surface area contributed by atoms with Crippen molar-refractivity contribution in [3.05, 3.63) is 23.2 Å². The molecule has 7 heteroatoms. The standard InChI is InChI=1S/C15H21N5OS/c1-15(2,20-10-16-9-17-20)13(21)19-14-18-11-7-5-3-4-6-8-12(11)22-14/h9-10H,3-8H2,1-2H3,(H,18,19,21). The van der Waals surface area contributed by atoms with E-state index in [2.05, 4.69) is 20.4 Å². The molecule has 0 saturated heterocycles. The molecule has 0 aromatic carbocycles. The summed E-state index contributed by atoms with van der Waals surface area (Å²) in [5.74, 6) is -0.125. The summed E-state index contributed by atoms with van der Waals surface area (Å²) in [6, 6.07) is 0. The molecule has 0 spiro atoms. The predicted molar refractivity (Wildman–Crippen MR) is 86.0 cm³/mol. The van der Waals surface area contributed by atoms with Gasteiger partial charge in [-0.15, -0.1) is 11.3 Å². The highest BCUT2D eigenvalue weighted by molar-refractivity contribution is 7.15. The molecule has 1 amide bonds. The maximum atomic E-state index is 12.5. The summed E-state index contributed by atoms with van der Waals surface area (Å²) < 4.78 is 1.56. The Morgan fingerprint density at radius 1 is 1.27 bits per heavy atom. The lowest BCUT2D eigenvalue weighted by molar-refractivity contribution is -0.123. The second-order valence-corrected chi connectivity index (χ2v) is 7.24. The summed E-state index contributed by atoms with van der Waals surface area (Å²) in [6.07, 6.45) is 10.1. The first kappa shape index (κ1) is 15.1. The lowest BCUT2D eigenvalue weighted by Gasteiger charge is -2.22. The van der Waals surface area contributed by atoms with E-state index in [1.807, 2.05) is 13.8 Å². The van der Waals surface area contributed by atoms with Gasteiger partial charge in [0, 0.05) is 4.88 Å². The van der Waals surface area contributed by atoms with Gasteiger partial charge in [0.05, 0.1) is 5.69 Å². The maximum Gasteiger partial charge on any atom is 0.253 e. The van der Waals surface area contributed by atoms with Crippen LogP contribution in [0.3, 0.4) is 0 Å². The lowest BCUT2D eigenvalue weighted by Crippen LogP contribution is -2.40. The molecule has 118 valence electrons. The summed E-state index contributed by atoms with van der Waals surface area (Å²) >= 11 is 1.61. The third-order valence-electron chi connectivity index (χ3n) is 4.11. The third-order valence-corrected chi connectivity index (χ3v) is 5.19. The van der Waals surface area contributed by atoms with E-state index >= 15 is 0 Å². The van der Waals surface area contributed by atoms with Crippen molar-refractivity contribution in [1.29, 1.82) is 0 Å². The maximum absolute atomic E-state index is 12.5. The molecule has 1 aliphatic carbocycles. The van der Waals surface area contributed by atoms with E-state index in [1.165, 1.54) is 42.6 Å². The highest BCUT2D eigenvalue weighted by Crippen LogP contribution is 2.29. The van der Waals surface area contributed by atoms with Crippen LogP contribution in [0, 0.1) is 0 Å². The highest BCUT2D eigenvalue weighted by atomic mass is 32.1. The number of fused-ring (bicyclic) bond motifs is 1. The van der Waals surface area contributed by atoms with E-state index in [0.717, 1.165) is 12.8 Å². The second kappa shape index (κ2) is 6.16. The minimum atomic E-state index is -0.795. The SMILES string of the molecule is CC(C)(C(=O)Nc1nc2c(s1)CCCCCC2)n1cncn1. The molecule has 0 fully saturated rings. The lowest BCUT2D eigenvalue weighted by atomic mass is 10.0. The van der Waals surface area contributed by atoms with Crippen LogP contribution in [0.25, 0.3) is 0 Å². The zero-order valence-electron chi connectivity index (χ0n) is 13.0. The predicted octanol–water partition coefficient (Wildman–Crippen LogP) is 2.77. The molecule has 0 saturated carbocycles. The summed E-state index contributed by atoms with van der Waals surface area (Å²) in [6.45, 7) is 3.64. The van der Waals surface area contributed by atoms with Crippen molar-refractivity contribution in [2.45, 2.75) is 57.9 Å². The van der Waals surface area contributed by atoms with Crippen molar-refractivity contribution >= 4 is 22.4 Å². The number of anilines is 1. The average Bonchev–Trinajstić information content (AvgIpc) is 3.09. The van der Waals surface area contributed by atoms with Crippen LogP contribution in [-0.4, -0.2) is 25.7 Å². The van der Waals surface area contributed by atoms with Crippen molar-refractivity contribution in [3.8, 4) is 0 Å². The number of nitrogens with one attached hydrogen (secondary N) is 1. The van der Waals surface area contributed by atoms with Crippen molar-refractivity contribution in [2.24, 2.45) is 0 Å². The Balaban J connectivity index is 1.75. The zero-order valence-corrected chi connectivity index (χ0v) is 13.8. The van der Waals surface area contributed by atoms with Crippen LogP contribution in [-0.2, 0) is 23.2 Å². The van der Waals surface area contributed by atoms with Crippen molar-refractivity contribution in [1.82, 2.24) is 19.7 Å². The number of aryl methyl sites for hydroxylation is 2. The summed E-state index contributed by atoms with van der Waals surface area (Å²) in [5, 5.41) is 7.72. The molecule has 3 rings (SSSR count). The summed E-state index contributed by atoms with van der Waals surface area (Å²) in [5.41, 5.74) is 0.370. The number of amides is 1. The van der Waals surface area contributed by atoms with Crippen LogP contribution in [0.1, 0.15) is 50.1 Å². The first-order valence-corrected chi connectivity index (χ1v) is 8.54. The molecule has 6 nitrogen and oxygen atoms in total. The summed E-state index contributed by atoms with van der Waals surface area (Å²) in [4.78, 5) is 22.4. The van der Waals surface area contributed by atoms with Gasteiger partial charge in [-0.1, -0.05) is 12.8 Å². The van der Waals surface area contributed by atoms with Crippen LogP contribution in [0.5, 0.6) is 0 Å². The molecule has 0 bridgehead atoms. The zero-order chi connectivity index (χ0) is 15.6. The fourth-order valence-electron chi connectivity index (χ4n) is 2.61. The quantitative estimate of drug-likeness (QED) is 0.944. The van der Waals surface area contributed by atoms with Gasteiger partial charge in [0.1, 0.15) is 18.2 Å². The molecule has 0 radical (unpaired) electrons. The smallest absolute Gasteiger partial charge is 0.253 e. The average molecular weight is 319 g/mol. The van der Waals surface area contributed by atoms with E-state index in [9.17, 15) is 4.79 Å². The van der Waals surface area contributed by atoms with Crippen LogP contribution in [0.15, 0.2) is 12.7 Å². The Labute approximate surface area is 134 Å². The van der Waals surface area contributed by atoms with Crippen molar-refractivity contribution in [2.75, 3.05) is 5.32 Å². The van der Waals surface area contributed by atoms with Crippen LogP contribution >= 0.6 is 11.3 Å². The topological polar surface area (TPSA) is 72.7 Å². The second-order valence-electron chi connectivity index (χ2n) is 6.16. The number of nitrogens with zero attached hydrogens (tertiary/aromatic N) is 4. The molecular formula is C15H21N5OS. The number of aromatic nitrogens is 4. The Kier molecular flexibility index (Phi) is 4.24. The number of rotatable bonds is 3. The molecule has 22 heavy (non-hydrogen) atoms. The van der Waals surface area contributed by atoms with Crippen LogP contribution in [0.2, 0.25) is 0 Å². The highest BCUT2D eigenvalue weighted by Gasteiger charge is 2.31. The molecule has 2 aromatic rings. The van der Waals surface area contributed by atoms with Crippen LogP contribution in [0.4, 0.5) is 5.13 Å². The van der Waals surface area contributed by atoms with Crippen molar-refractivity contribution < 1.29 is 4.79 Å². The molecular weight excluding hydrogens is 298 g/mol. The minimum Gasteiger partial charge on any atom is -0.300 e. The monoisotopic (exact) mass is 319 g/mol. The number of hydrogen-bond donors (Lipinski definition) is 1. The normalized spacial score (nSPS) is 15.7. The molecule has 2 heterocycles. The fourth-order valence-corrected chi connectivity index (χ4v) is 3.65. The first-order valence-electron chi connectivity index (χ1n) is 7.72. The van der Waals surface area contributed by atoms with Gasteiger partial charge >= 0.3 is 0 Å². The Hall–Kier alpha value is -1.76. The van der Waals surface area contributed by atoms with E-state index < -0.39 is 5.54 Å². The largest absolute Gasteiger partial charge is 0.300 e. The number of thiazole rings is 1. The van der Waals surface area contributed by atoms with Crippen molar-refractivity contribution in [3.63, 3.8) is 0 Å². The molecule has 1 aliphatic rings. The molecule has 1 N–H and O–H groups in total. The van der Waals surface area contributed by atoms with Gasteiger partial charge in [-0.3, -0.25) is 10.1 Å². The van der Waals surface area contributed by atoms with Gasteiger partial charge in [0.2, 0.25) is 0 Å². The van der Waals surface area contributed by atoms with Crippen LogP contribution < -0.4 is 5.32 Å². The minimum absolute atomic E-state index is 0.125. The van der Waals surface area contributed by atoms with Gasteiger partial charge in [-0.25, -0.2) is 14.6 Å². The first-order chi connectivity index (χ1) is 10.6. The van der Waals surface area contributed by atoms with E-state index in [0.29, 0.717) is 5.13 Å². The molecule has 2 aromatic heterocycles. The Morgan fingerprint density at radius 2 is 2.05 bits per heavy atom. The number of carbonyl (C=O) groups excluding carboxylic acids is 1. The summed E-state index contributed by atoms with van der Waals surface area (Å²) in [7, 11) is 0. The molecule has 0 aliphatic heterocycles. The van der Waals surface area contributed by atoms with E-state index in [1.54, 1.807) is 22.3 Å². The van der Waals surface area contributed by atoms with Gasteiger partial charge in [0.15, 0.2) is 5.13 Å². The van der Waals surface area contributed by atoms with Gasteiger partial charge in [-0.2, -0.15) is 5.10 Å². The number of carbonyl (C=O) groups is 1. The van der Waals surface area contributed by atoms with E-state index in [-0.39, 0.29) is 5.91 Å². The van der Waals surface area contributed by atoms with Gasteiger partial charge in [0.25, 0.3) is 5.91 Å². The van der Waals surface area contributed by atoms with Gasteiger partial charge < -0.3 is 0 Å². The molecule has 0 unspecified atom stereocenters. The molecule has 0 atom stereocenters. The fraction of sp³-hybridized carbons (Fsp3) is 0.600. The third kappa shape index (κ3) is 3.04. The Morgan fingerprint density at radius 3 is 2.77 bits per heavy atom. The Bertz CT molecular complexity index is 621. The van der Waals surface area contributed by atoms with E-state index in [4.69, 9.17) is 0 Å². The number of hydrogen-bond acceptors (Lipinski definition) is 5.